The molecule has 3 rings (SSSR count). The number of rotatable bonds is 3. The Morgan fingerprint density at radius 1 is 1.59 bits per heavy atom. The minimum Gasteiger partial charge on any atom is -0.462 e. The maximum atomic E-state index is 12.3. The van der Waals surface area contributed by atoms with Crippen molar-refractivity contribution in [3.8, 4) is 0 Å². The summed E-state index contributed by atoms with van der Waals surface area (Å²) in [6.45, 7) is 8.34. The van der Waals surface area contributed by atoms with Gasteiger partial charge in [0.1, 0.15) is 11.4 Å². The Bertz CT molecular complexity index is 689. The number of nitrogens with zero attached hydrogens (tertiary/aromatic N) is 2. The molecule has 0 spiro atoms. The molecule has 1 aliphatic heterocycles. The minimum atomic E-state index is -0.309. The van der Waals surface area contributed by atoms with Crippen LogP contribution in [0.4, 0.5) is 5.82 Å². The van der Waals surface area contributed by atoms with Gasteiger partial charge < -0.3 is 10.1 Å². The molecule has 1 N–H and O–H groups in total. The van der Waals surface area contributed by atoms with E-state index in [1.54, 1.807) is 11.3 Å². The molecule has 3 heterocycles. The predicted octanol–water partition coefficient (Wildman–Crippen LogP) is 3.72. The highest BCUT2D eigenvalue weighted by atomic mass is 32.1. The van der Waals surface area contributed by atoms with Gasteiger partial charge >= 0.3 is 5.97 Å². The second-order valence-corrected chi connectivity index (χ2v) is 7.15. The van der Waals surface area contributed by atoms with Gasteiger partial charge in [-0.3, -0.25) is 0 Å². The number of carbonyl (C=O) groups excluding carboxylic acids is 1. The van der Waals surface area contributed by atoms with Crippen LogP contribution in [0.1, 0.15) is 54.2 Å². The Hall–Kier alpha value is -1.82. The molecule has 2 aromatic heterocycles. The third-order valence-electron chi connectivity index (χ3n) is 4.01. The van der Waals surface area contributed by atoms with Gasteiger partial charge in [0, 0.05) is 4.88 Å². The van der Waals surface area contributed by atoms with Crippen LogP contribution in [-0.2, 0) is 10.3 Å². The number of hydrogen-bond donors (Lipinski definition) is 1. The molecule has 0 fully saturated rings. The number of nitrogens with one attached hydrogen (secondary N) is 1. The van der Waals surface area contributed by atoms with Gasteiger partial charge in [-0.1, -0.05) is 6.07 Å². The summed E-state index contributed by atoms with van der Waals surface area (Å²) in [5.41, 5.74) is 1.10. The number of thiophene rings is 1. The quantitative estimate of drug-likeness (QED) is 0.876. The summed E-state index contributed by atoms with van der Waals surface area (Å²) in [6.07, 6.45) is 0.921. The summed E-state index contributed by atoms with van der Waals surface area (Å²) in [4.78, 5) is 13.6. The molecule has 0 aliphatic carbocycles. The first-order valence-corrected chi connectivity index (χ1v) is 8.39. The number of anilines is 1. The van der Waals surface area contributed by atoms with Crippen LogP contribution in [0, 0.1) is 6.92 Å². The van der Waals surface area contributed by atoms with Gasteiger partial charge in [0.25, 0.3) is 0 Å². The number of aryl methyl sites for hydroxylation is 1. The Labute approximate surface area is 134 Å². The lowest BCUT2D eigenvalue weighted by Gasteiger charge is -2.37. The highest BCUT2D eigenvalue weighted by molar-refractivity contribution is 7.10. The fourth-order valence-corrected chi connectivity index (χ4v) is 3.79. The Balaban J connectivity index is 2.06. The molecule has 0 amide bonds. The van der Waals surface area contributed by atoms with E-state index in [-0.39, 0.29) is 17.6 Å². The third-order valence-corrected chi connectivity index (χ3v) is 5.00. The highest BCUT2D eigenvalue weighted by Gasteiger charge is 2.38. The maximum absolute atomic E-state index is 12.3. The fraction of sp³-hybridized carbons (Fsp3) is 0.500. The summed E-state index contributed by atoms with van der Waals surface area (Å²) >= 11 is 1.73. The molecule has 0 aromatic carbocycles. The van der Waals surface area contributed by atoms with Gasteiger partial charge in [-0.15, -0.1) is 11.3 Å². The van der Waals surface area contributed by atoms with Crippen LogP contribution in [0.15, 0.2) is 17.5 Å². The van der Waals surface area contributed by atoms with Crippen molar-refractivity contribution in [3.05, 3.63) is 33.6 Å². The molecule has 118 valence electrons. The molecule has 1 atom stereocenters. The molecule has 0 saturated heterocycles. The van der Waals surface area contributed by atoms with E-state index in [9.17, 15) is 4.79 Å². The van der Waals surface area contributed by atoms with E-state index < -0.39 is 0 Å². The molecule has 5 nitrogen and oxygen atoms in total. The topological polar surface area (TPSA) is 56.1 Å². The summed E-state index contributed by atoms with van der Waals surface area (Å²) < 4.78 is 7.13. The van der Waals surface area contributed by atoms with Crippen molar-refractivity contribution in [1.29, 1.82) is 0 Å². The van der Waals surface area contributed by atoms with Crippen LogP contribution in [0.3, 0.4) is 0 Å². The second kappa shape index (κ2) is 5.43. The largest absolute Gasteiger partial charge is 0.462 e. The van der Waals surface area contributed by atoms with E-state index >= 15 is 0 Å². The Morgan fingerprint density at radius 3 is 3.00 bits per heavy atom. The maximum Gasteiger partial charge on any atom is 0.343 e. The van der Waals surface area contributed by atoms with Crippen molar-refractivity contribution >= 4 is 23.1 Å². The van der Waals surface area contributed by atoms with Gasteiger partial charge in [-0.2, -0.15) is 5.10 Å². The van der Waals surface area contributed by atoms with E-state index in [2.05, 4.69) is 41.8 Å². The Kier molecular flexibility index (Phi) is 3.72. The average molecular weight is 319 g/mol. The summed E-state index contributed by atoms with van der Waals surface area (Å²) in [6, 6.07) is 4.37. The lowest BCUT2D eigenvalue weighted by Crippen LogP contribution is -2.38. The molecule has 2 aromatic rings. The molecule has 0 saturated carbocycles. The van der Waals surface area contributed by atoms with E-state index in [4.69, 9.17) is 4.74 Å². The van der Waals surface area contributed by atoms with E-state index in [0.29, 0.717) is 17.9 Å². The van der Waals surface area contributed by atoms with Gasteiger partial charge in [-0.25, -0.2) is 9.48 Å². The zero-order chi connectivity index (χ0) is 15.9. The van der Waals surface area contributed by atoms with Gasteiger partial charge in [0.05, 0.1) is 23.9 Å². The third kappa shape index (κ3) is 2.41. The van der Waals surface area contributed by atoms with E-state index in [1.807, 2.05) is 18.5 Å². The summed E-state index contributed by atoms with van der Waals surface area (Å²) in [5.74, 6) is 0.460. The van der Waals surface area contributed by atoms with Gasteiger partial charge in [-0.05, 0) is 45.6 Å². The molecular weight excluding hydrogens is 298 g/mol. The van der Waals surface area contributed by atoms with Crippen molar-refractivity contribution < 1.29 is 9.53 Å². The van der Waals surface area contributed by atoms with Crippen LogP contribution in [0.2, 0.25) is 0 Å². The van der Waals surface area contributed by atoms with Crippen LogP contribution in [-0.4, -0.2) is 22.4 Å². The molecule has 1 aliphatic rings. The van der Waals surface area contributed by atoms with Gasteiger partial charge in [0.15, 0.2) is 0 Å². The van der Waals surface area contributed by atoms with Gasteiger partial charge in [0.2, 0.25) is 0 Å². The first-order valence-electron chi connectivity index (χ1n) is 7.51. The lowest BCUT2D eigenvalue weighted by molar-refractivity contribution is 0.0526. The number of fused-ring (bicyclic) bond motifs is 1. The zero-order valence-corrected chi connectivity index (χ0v) is 14.2. The molecule has 0 radical (unpaired) electrons. The van der Waals surface area contributed by atoms with Crippen molar-refractivity contribution in [2.75, 3.05) is 11.9 Å². The van der Waals surface area contributed by atoms with Crippen molar-refractivity contribution in [2.24, 2.45) is 0 Å². The summed E-state index contributed by atoms with van der Waals surface area (Å²) in [7, 11) is 0. The predicted molar refractivity (Wildman–Crippen MR) is 87.5 cm³/mol. The highest BCUT2D eigenvalue weighted by Crippen LogP contribution is 2.41. The standard InChI is InChI=1S/C16H21N3O2S/c1-5-21-15(20)13-10(2)18-19-14(13)17-11(9-16(19,3)4)12-7-6-8-22-12/h6-8,11,17H,5,9H2,1-4H3. The van der Waals surface area contributed by atoms with Crippen molar-refractivity contribution in [2.45, 2.75) is 45.7 Å². The zero-order valence-electron chi connectivity index (χ0n) is 13.3. The molecule has 1 unspecified atom stereocenters. The number of hydrogen-bond acceptors (Lipinski definition) is 5. The minimum absolute atomic E-state index is 0.162. The fourth-order valence-electron chi connectivity index (χ4n) is 3.01. The van der Waals surface area contributed by atoms with Crippen LogP contribution >= 0.6 is 11.3 Å². The Morgan fingerprint density at radius 2 is 2.36 bits per heavy atom. The molecule has 6 heteroatoms. The normalized spacial score (nSPS) is 19.4. The van der Waals surface area contributed by atoms with Crippen LogP contribution in [0.25, 0.3) is 0 Å². The molecular formula is C16H21N3O2S. The number of ether oxygens (including phenoxy) is 1. The van der Waals surface area contributed by atoms with Crippen LogP contribution < -0.4 is 5.32 Å². The molecule has 0 bridgehead atoms. The SMILES string of the molecule is CCOC(=O)c1c(C)nn2c1NC(c1cccs1)CC2(C)C. The second-order valence-electron chi connectivity index (χ2n) is 6.17. The smallest absolute Gasteiger partial charge is 0.343 e. The number of esters is 1. The van der Waals surface area contributed by atoms with E-state index in [0.717, 1.165) is 12.2 Å². The van der Waals surface area contributed by atoms with E-state index in [1.165, 1.54) is 4.88 Å². The molecule has 22 heavy (non-hydrogen) atoms. The first kappa shape index (κ1) is 15.1. The monoisotopic (exact) mass is 319 g/mol. The summed E-state index contributed by atoms with van der Waals surface area (Å²) in [5, 5.41) is 10.2. The van der Waals surface area contributed by atoms with Crippen molar-refractivity contribution in [1.82, 2.24) is 9.78 Å². The lowest BCUT2D eigenvalue weighted by atomic mass is 9.92. The number of carbonyl (C=O) groups is 1. The first-order chi connectivity index (χ1) is 10.4. The average Bonchev–Trinajstić information content (AvgIpc) is 3.05. The number of aromatic nitrogens is 2. The van der Waals surface area contributed by atoms with Crippen LogP contribution in [0.5, 0.6) is 0 Å². The van der Waals surface area contributed by atoms with Crippen molar-refractivity contribution in [3.63, 3.8) is 0 Å².